The molecule has 1 aromatic heterocycles. The molecule has 0 unspecified atom stereocenters. The molecule has 1 aliphatic rings. The summed E-state index contributed by atoms with van der Waals surface area (Å²) in [5.41, 5.74) is 2.54. The first-order valence-electron chi connectivity index (χ1n) is 9.04. The summed E-state index contributed by atoms with van der Waals surface area (Å²) < 4.78 is 11.1. The maximum atomic E-state index is 12.5. The highest BCUT2D eigenvalue weighted by Gasteiger charge is 2.21. The highest BCUT2D eigenvalue weighted by atomic mass is 16.5. The molecule has 3 aromatic rings. The number of nitrogens with one attached hydrogen (secondary N) is 1. The Morgan fingerprint density at radius 1 is 1.29 bits per heavy atom. The molecule has 4 rings (SSSR count). The summed E-state index contributed by atoms with van der Waals surface area (Å²) in [4.78, 5) is 13.9. The Morgan fingerprint density at radius 2 is 2.11 bits per heavy atom. The van der Waals surface area contributed by atoms with Crippen LogP contribution in [0.5, 0.6) is 11.5 Å². The normalized spacial score (nSPS) is 15.4. The third kappa shape index (κ3) is 3.80. The lowest BCUT2D eigenvalue weighted by molar-refractivity contribution is 0.0939. The van der Waals surface area contributed by atoms with Crippen LogP contribution in [0, 0.1) is 5.92 Å². The zero-order chi connectivity index (χ0) is 19.5. The summed E-state index contributed by atoms with van der Waals surface area (Å²) in [6, 6.07) is 13.0. The molecule has 1 aliphatic heterocycles. The van der Waals surface area contributed by atoms with Gasteiger partial charge in [0.25, 0.3) is 5.91 Å². The number of hydrogen-bond donors (Lipinski definition) is 1. The summed E-state index contributed by atoms with van der Waals surface area (Å²) in [5, 5.41) is 14.9. The smallest absolute Gasteiger partial charge is 0.251 e. The molecule has 0 aliphatic carbocycles. The predicted molar refractivity (Wildman–Crippen MR) is 102 cm³/mol. The van der Waals surface area contributed by atoms with Crippen LogP contribution < -0.4 is 14.8 Å². The van der Waals surface area contributed by atoms with Crippen molar-refractivity contribution in [1.29, 1.82) is 0 Å². The SMILES string of the molecule is COc1ccc2c(c1)OC[C@H](CNC(=O)c1ccc(-c3nnn(C)n3)cc1)C2. The minimum Gasteiger partial charge on any atom is -0.497 e. The molecule has 0 fully saturated rings. The van der Waals surface area contributed by atoms with Crippen LogP contribution in [0.25, 0.3) is 11.4 Å². The number of carbonyl (C=O) groups excluding carboxylic acids is 1. The standard InChI is InChI=1S/C20H21N5O3/c1-25-23-19(22-24-25)14-3-5-15(6-4-14)20(26)21-11-13-9-16-7-8-17(27-2)10-18(16)28-12-13/h3-8,10,13H,9,11-12H2,1-2H3,(H,21,26)/t13-/m0/s1. The fourth-order valence-electron chi connectivity index (χ4n) is 3.18. The number of hydrogen-bond acceptors (Lipinski definition) is 6. The molecular formula is C20H21N5O3. The van der Waals surface area contributed by atoms with Crippen LogP contribution >= 0.6 is 0 Å². The Balaban J connectivity index is 1.34. The largest absolute Gasteiger partial charge is 0.497 e. The van der Waals surface area contributed by atoms with Gasteiger partial charge in [-0.3, -0.25) is 4.79 Å². The van der Waals surface area contributed by atoms with E-state index in [1.807, 2.05) is 30.3 Å². The molecule has 1 atom stereocenters. The second kappa shape index (κ2) is 7.67. The van der Waals surface area contributed by atoms with Gasteiger partial charge in [0.05, 0.1) is 20.8 Å². The van der Waals surface area contributed by atoms with E-state index in [4.69, 9.17) is 9.47 Å². The highest BCUT2D eigenvalue weighted by molar-refractivity contribution is 5.94. The Kier molecular flexibility index (Phi) is 4.92. The van der Waals surface area contributed by atoms with Gasteiger partial charge in [-0.1, -0.05) is 18.2 Å². The molecule has 8 heteroatoms. The molecular weight excluding hydrogens is 358 g/mol. The number of aromatic nitrogens is 4. The summed E-state index contributed by atoms with van der Waals surface area (Å²) in [6.07, 6.45) is 0.858. The van der Waals surface area contributed by atoms with Crippen LogP contribution in [0.15, 0.2) is 42.5 Å². The van der Waals surface area contributed by atoms with Gasteiger partial charge in [0.2, 0.25) is 5.82 Å². The number of ether oxygens (including phenoxy) is 2. The average Bonchev–Trinajstić information content (AvgIpc) is 3.18. The Bertz CT molecular complexity index is 984. The first-order chi connectivity index (χ1) is 13.6. The van der Waals surface area contributed by atoms with Crippen molar-refractivity contribution in [3.8, 4) is 22.9 Å². The predicted octanol–water partition coefficient (Wildman–Crippen LogP) is 1.87. The van der Waals surface area contributed by atoms with Crippen molar-refractivity contribution in [1.82, 2.24) is 25.5 Å². The molecule has 0 saturated carbocycles. The lowest BCUT2D eigenvalue weighted by atomic mass is 9.96. The maximum Gasteiger partial charge on any atom is 0.251 e. The Hall–Kier alpha value is -3.42. The summed E-state index contributed by atoms with van der Waals surface area (Å²) in [5.74, 6) is 2.29. The molecule has 0 radical (unpaired) electrons. The first kappa shape index (κ1) is 18.0. The lowest BCUT2D eigenvalue weighted by Gasteiger charge is -2.25. The van der Waals surface area contributed by atoms with Gasteiger partial charge in [-0.2, -0.15) is 4.80 Å². The van der Waals surface area contributed by atoms with Crippen molar-refractivity contribution in [2.45, 2.75) is 6.42 Å². The van der Waals surface area contributed by atoms with E-state index in [1.165, 1.54) is 4.80 Å². The zero-order valence-corrected chi connectivity index (χ0v) is 15.8. The van der Waals surface area contributed by atoms with Gasteiger partial charge >= 0.3 is 0 Å². The third-order valence-electron chi connectivity index (χ3n) is 4.72. The molecule has 2 heterocycles. The Labute approximate surface area is 162 Å². The molecule has 1 amide bonds. The fraction of sp³-hybridized carbons (Fsp3) is 0.300. The van der Waals surface area contributed by atoms with E-state index in [2.05, 4.69) is 20.7 Å². The van der Waals surface area contributed by atoms with Crippen LogP contribution in [0.1, 0.15) is 15.9 Å². The minimum atomic E-state index is -0.112. The molecule has 0 bridgehead atoms. The van der Waals surface area contributed by atoms with Gasteiger partial charge in [0, 0.05) is 29.7 Å². The van der Waals surface area contributed by atoms with Gasteiger partial charge in [0.1, 0.15) is 11.5 Å². The summed E-state index contributed by atoms with van der Waals surface area (Å²) in [7, 11) is 3.35. The van der Waals surface area contributed by atoms with Gasteiger partial charge < -0.3 is 14.8 Å². The molecule has 0 spiro atoms. The van der Waals surface area contributed by atoms with Crippen LogP contribution in [-0.2, 0) is 13.5 Å². The number of tetrazole rings is 1. The lowest BCUT2D eigenvalue weighted by Crippen LogP contribution is -2.34. The van der Waals surface area contributed by atoms with E-state index in [1.54, 1.807) is 26.3 Å². The summed E-state index contributed by atoms with van der Waals surface area (Å²) in [6.45, 7) is 1.12. The number of amides is 1. The van der Waals surface area contributed by atoms with Crippen molar-refractivity contribution in [2.75, 3.05) is 20.3 Å². The topological polar surface area (TPSA) is 91.2 Å². The van der Waals surface area contributed by atoms with E-state index >= 15 is 0 Å². The molecule has 144 valence electrons. The van der Waals surface area contributed by atoms with Crippen LogP contribution in [0.4, 0.5) is 0 Å². The second-order valence-electron chi connectivity index (χ2n) is 6.74. The van der Waals surface area contributed by atoms with Crippen molar-refractivity contribution in [2.24, 2.45) is 13.0 Å². The average molecular weight is 379 g/mol. The number of aryl methyl sites for hydroxylation is 1. The van der Waals surface area contributed by atoms with Gasteiger partial charge in [0.15, 0.2) is 0 Å². The van der Waals surface area contributed by atoms with Gasteiger partial charge in [-0.05, 0) is 35.4 Å². The quantitative estimate of drug-likeness (QED) is 0.728. The van der Waals surface area contributed by atoms with E-state index in [-0.39, 0.29) is 11.8 Å². The van der Waals surface area contributed by atoms with Gasteiger partial charge in [-0.25, -0.2) is 0 Å². The number of carbonyl (C=O) groups is 1. The molecule has 8 nitrogen and oxygen atoms in total. The third-order valence-corrected chi connectivity index (χ3v) is 4.72. The van der Waals surface area contributed by atoms with Crippen LogP contribution in [-0.4, -0.2) is 46.4 Å². The van der Waals surface area contributed by atoms with Crippen molar-refractivity contribution < 1.29 is 14.3 Å². The highest BCUT2D eigenvalue weighted by Crippen LogP contribution is 2.30. The molecule has 0 saturated heterocycles. The number of fused-ring (bicyclic) bond motifs is 1. The number of methoxy groups -OCH3 is 1. The maximum absolute atomic E-state index is 12.5. The van der Waals surface area contributed by atoms with Crippen molar-refractivity contribution in [3.05, 3.63) is 53.6 Å². The van der Waals surface area contributed by atoms with Gasteiger partial charge in [-0.15, -0.1) is 10.2 Å². The van der Waals surface area contributed by atoms with E-state index in [9.17, 15) is 4.79 Å². The first-order valence-corrected chi connectivity index (χ1v) is 9.04. The monoisotopic (exact) mass is 379 g/mol. The van der Waals surface area contributed by atoms with Crippen LogP contribution in [0.3, 0.4) is 0 Å². The van der Waals surface area contributed by atoms with Crippen molar-refractivity contribution in [3.63, 3.8) is 0 Å². The zero-order valence-electron chi connectivity index (χ0n) is 15.8. The van der Waals surface area contributed by atoms with E-state index in [0.717, 1.165) is 29.0 Å². The minimum absolute atomic E-state index is 0.112. The molecule has 2 aromatic carbocycles. The second-order valence-corrected chi connectivity index (χ2v) is 6.74. The number of rotatable bonds is 5. The number of benzene rings is 2. The summed E-state index contributed by atoms with van der Waals surface area (Å²) >= 11 is 0. The van der Waals surface area contributed by atoms with E-state index < -0.39 is 0 Å². The Morgan fingerprint density at radius 3 is 2.82 bits per heavy atom. The molecule has 1 N–H and O–H groups in total. The molecule has 28 heavy (non-hydrogen) atoms. The van der Waals surface area contributed by atoms with Crippen molar-refractivity contribution >= 4 is 5.91 Å². The fourth-order valence-corrected chi connectivity index (χ4v) is 3.18. The van der Waals surface area contributed by atoms with E-state index in [0.29, 0.717) is 24.5 Å². The number of nitrogens with zero attached hydrogens (tertiary/aromatic N) is 4. The van der Waals surface area contributed by atoms with Crippen LogP contribution in [0.2, 0.25) is 0 Å².